The fourth-order valence-corrected chi connectivity index (χ4v) is 1.72. The monoisotopic (exact) mass is 227 g/mol. The predicted octanol–water partition coefficient (Wildman–Crippen LogP) is 1.33. The van der Waals surface area contributed by atoms with Gasteiger partial charge in [-0.05, 0) is 13.3 Å². The second-order valence-electron chi connectivity index (χ2n) is 3.53. The number of halogens is 3. The van der Waals surface area contributed by atoms with E-state index in [2.05, 4.69) is 5.32 Å². The Morgan fingerprint density at radius 1 is 1.40 bits per heavy atom. The molecule has 90 valence electrons. The lowest BCUT2D eigenvalue weighted by Gasteiger charge is -2.43. The lowest BCUT2D eigenvalue weighted by molar-refractivity contribution is -0.154. The Hall–Kier alpha value is -0.330. The van der Waals surface area contributed by atoms with E-state index in [-0.39, 0.29) is 18.2 Å². The maximum Gasteiger partial charge on any atom is 0.401 e. The van der Waals surface area contributed by atoms with Gasteiger partial charge in [-0.25, -0.2) is 0 Å². The maximum atomic E-state index is 11.9. The van der Waals surface area contributed by atoms with Gasteiger partial charge in [0.1, 0.15) is 0 Å². The summed E-state index contributed by atoms with van der Waals surface area (Å²) in [5, 5.41) is 2.42. The fourth-order valence-electron chi connectivity index (χ4n) is 1.72. The summed E-state index contributed by atoms with van der Waals surface area (Å²) >= 11 is 0. The first kappa shape index (κ1) is 12.7. The van der Waals surface area contributed by atoms with Crippen molar-refractivity contribution in [1.82, 2.24) is 5.32 Å². The summed E-state index contributed by atoms with van der Waals surface area (Å²) in [7, 11) is 1.48. The van der Waals surface area contributed by atoms with Crippen LogP contribution in [0.5, 0.6) is 0 Å². The first-order chi connectivity index (χ1) is 6.98. The standard InChI is InChI=1S/C9H16F3NO2/c1-3-15-7-4-6(8(7)14-2)13-5-9(10,11)12/h6-8,13H,3-5H2,1-2H3. The maximum absolute atomic E-state index is 11.9. The quantitative estimate of drug-likeness (QED) is 0.768. The van der Waals surface area contributed by atoms with Gasteiger partial charge in [0, 0.05) is 19.8 Å². The molecule has 0 aromatic carbocycles. The molecule has 1 aliphatic carbocycles. The van der Waals surface area contributed by atoms with E-state index in [1.807, 2.05) is 6.92 Å². The molecule has 1 aliphatic rings. The van der Waals surface area contributed by atoms with Crippen molar-refractivity contribution in [1.29, 1.82) is 0 Å². The molecule has 0 aromatic rings. The SMILES string of the molecule is CCOC1CC(NCC(F)(F)F)C1OC. The van der Waals surface area contributed by atoms with Crippen LogP contribution in [-0.4, -0.2) is 44.7 Å². The lowest BCUT2D eigenvalue weighted by atomic mass is 9.85. The third-order valence-corrected chi connectivity index (χ3v) is 2.47. The highest BCUT2D eigenvalue weighted by Gasteiger charge is 2.43. The van der Waals surface area contributed by atoms with E-state index in [0.717, 1.165) is 0 Å². The van der Waals surface area contributed by atoms with Crippen LogP contribution in [0.4, 0.5) is 13.2 Å². The Morgan fingerprint density at radius 3 is 2.53 bits per heavy atom. The van der Waals surface area contributed by atoms with Gasteiger partial charge in [-0.2, -0.15) is 13.2 Å². The van der Waals surface area contributed by atoms with E-state index in [1.54, 1.807) is 0 Å². The van der Waals surface area contributed by atoms with Crippen LogP contribution >= 0.6 is 0 Å². The molecule has 0 spiro atoms. The number of nitrogens with one attached hydrogen (secondary N) is 1. The molecule has 3 unspecified atom stereocenters. The van der Waals surface area contributed by atoms with E-state index >= 15 is 0 Å². The van der Waals surface area contributed by atoms with Crippen molar-refractivity contribution < 1.29 is 22.6 Å². The lowest BCUT2D eigenvalue weighted by Crippen LogP contribution is -2.60. The molecule has 3 atom stereocenters. The summed E-state index contributed by atoms with van der Waals surface area (Å²) in [6.07, 6.45) is -3.95. The van der Waals surface area contributed by atoms with Gasteiger partial charge >= 0.3 is 6.18 Å². The summed E-state index contributed by atoms with van der Waals surface area (Å²) in [6.45, 7) is 1.43. The van der Waals surface area contributed by atoms with Gasteiger partial charge in [-0.15, -0.1) is 0 Å². The predicted molar refractivity (Wildman–Crippen MR) is 48.7 cm³/mol. The molecule has 0 radical (unpaired) electrons. The minimum Gasteiger partial charge on any atom is -0.377 e. The van der Waals surface area contributed by atoms with Crippen molar-refractivity contribution in [2.45, 2.75) is 37.8 Å². The molecule has 1 rings (SSSR count). The third-order valence-electron chi connectivity index (χ3n) is 2.47. The van der Waals surface area contributed by atoms with Crippen molar-refractivity contribution in [3.8, 4) is 0 Å². The summed E-state index contributed by atoms with van der Waals surface area (Å²) < 4.78 is 46.1. The Bertz CT molecular complexity index is 198. The van der Waals surface area contributed by atoms with Gasteiger partial charge in [-0.3, -0.25) is 0 Å². The molecule has 0 amide bonds. The second-order valence-corrected chi connectivity index (χ2v) is 3.53. The molecule has 6 heteroatoms. The zero-order valence-corrected chi connectivity index (χ0v) is 8.80. The van der Waals surface area contributed by atoms with Crippen molar-refractivity contribution in [3.63, 3.8) is 0 Å². The van der Waals surface area contributed by atoms with Crippen molar-refractivity contribution in [2.75, 3.05) is 20.3 Å². The van der Waals surface area contributed by atoms with E-state index in [4.69, 9.17) is 9.47 Å². The van der Waals surface area contributed by atoms with Crippen LogP contribution in [0.3, 0.4) is 0 Å². The van der Waals surface area contributed by atoms with E-state index in [9.17, 15) is 13.2 Å². The first-order valence-electron chi connectivity index (χ1n) is 4.92. The number of alkyl halides is 3. The summed E-state index contributed by atoms with van der Waals surface area (Å²) in [6, 6.07) is -0.256. The topological polar surface area (TPSA) is 30.5 Å². The highest BCUT2D eigenvalue weighted by atomic mass is 19.4. The fraction of sp³-hybridized carbons (Fsp3) is 1.00. The molecular formula is C9H16F3NO2. The van der Waals surface area contributed by atoms with Gasteiger partial charge in [0.15, 0.2) is 0 Å². The average molecular weight is 227 g/mol. The molecular weight excluding hydrogens is 211 g/mol. The molecule has 1 N–H and O–H groups in total. The molecule has 3 nitrogen and oxygen atoms in total. The normalized spacial score (nSPS) is 31.4. The van der Waals surface area contributed by atoms with Crippen LogP contribution in [0.25, 0.3) is 0 Å². The number of ether oxygens (including phenoxy) is 2. The zero-order valence-electron chi connectivity index (χ0n) is 8.80. The number of methoxy groups -OCH3 is 1. The van der Waals surface area contributed by atoms with E-state index < -0.39 is 12.7 Å². The number of hydrogen-bond acceptors (Lipinski definition) is 3. The van der Waals surface area contributed by atoms with Crippen LogP contribution in [0.2, 0.25) is 0 Å². The van der Waals surface area contributed by atoms with Crippen molar-refractivity contribution >= 4 is 0 Å². The van der Waals surface area contributed by atoms with Gasteiger partial charge < -0.3 is 14.8 Å². The Morgan fingerprint density at radius 2 is 2.07 bits per heavy atom. The Labute approximate surface area is 86.9 Å². The molecule has 1 saturated carbocycles. The molecule has 1 fully saturated rings. The summed E-state index contributed by atoms with van der Waals surface area (Å²) in [5.41, 5.74) is 0. The molecule has 0 aromatic heterocycles. The van der Waals surface area contributed by atoms with Crippen LogP contribution < -0.4 is 5.32 Å². The van der Waals surface area contributed by atoms with Gasteiger partial charge in [-0.1, -0.05) is 0 Å². The molecule has 0 bridgehead atoms. The van der Waals surface area contributed by atoms with E-state index in [1.165, 1.54) is 7.11 Å². The van der Waals surface area contributed by atoms with Crippen LogP contribution in [0.15, 0.2) is 0 Å². The highest BCUT2D eigenvalue weighted by Crippen LogP contribution is 2.27. The van der Waals surface area contributed by atoms with Crippen molar-refractivity contribution in [3.05, 3.63) is 0 Å². The van der Waals surface area contributed by atoms with Crippen LogP contribution in [-0.2, 0) is 9.47 Å². The van der Waals surface area contributed by atoms with Crippen LogP contribution in [0.1, 0.15) is 13.3 Å². The Kier molecular flexibility index (Phi) is 4.36. The molecule has 0 heterocycles. The Balaban J connectivity index is 2.27. The summed E-state index contributed by atoms with van der Waals surface area (Å²) in [4.78, 5) is 0. The first-order valence-corrected chi connectivity index (χ1v) is 4.92. The minimum absolute atomic E-state index is 0.0780. The smallest absolute Gasteiger partial charge is 0.377 e. The number of hydrogen-bond donors (Lipinski definition) is 1. The molecule has 0 aliphatic heterocycles. The number of rotatable bonds is 5. The van der Waals surface area contributed by atoms with Gasteiger partial charge in [0.2, 0.25) is 0 Å². The second kappa shape index (κ2) is 5.14. The summed E-state index contributed by atoms with van der Waals surface area (Å²) in [5.74, 6) is 0. The molecule has 15 heavy (non-hydrogen) atoms. The minimum atomic E-state index is -4.17. The average Bonchev–Trinajstić information content (AvgIpc) is 2.08. The van der Waals surface area contributed by atoms with Crippen molar-refractivity contribution in [2.24, 2.45) is 0 Å². The van der Waals surface area contributed by atoms with Gasteiger partial charge in [0.25, 0.3) is 0 Å². The highest BCUT2D eigenvalue weighted by molar-refractivity contribution is 4.97. The zero-order chi connectivity index (χ0) is 11.5. The van der Waals surface area contributed by atoms with Crippen LogP contribution in [0, 0.1) is 0 Å². The third kappa shape index (κ3) is 3.62. The largest absolute Gasteiger partial charge is 0.401 e. The van der Waals surface area contributed by atoms with E-state index in [0.29, 0.717) is 13.0 Å². The molecule has 0 saturated heterocycles. The van der Waals surface area contributed by atoms with Gasteiger partial charge in [0.05, 0.1) is 18.8 Å².